The third-order valence-corrected chi connectivity index (χ3v) is 7.38. The fourth-order valence-corrected chi connectivity index (χ4v) is 5.82. The molecule has 6 rings (SSSR count). The van der Waals surface area contributed by atoms with Crippen molar-refractivity contribution in [1.82, 2.24) is 4.98 Å². The number of hydrogen-bond donors (Lipinski definition) is 0. The van der Waals surface area contributed by atoms with Crippen molar-refractivity contribution in [3.05, 3.63) is 92.8 Å². The molecule has 0 saturated heterocycles. The van der Waals surface area contributed by atoms with E-state index in [4.69, 9.17) is 30.5 Å². The van der Waals surface area contributed by atoms with E-state index < -0.39 is 11.9 Å². The van der Waals surface area contributed by atoms with E-state index in [2.05, 4.69) is 0 Å². The lowest BCUT2D eigenvalue weighted by atomic mass is 9.98. The minimum Gasteiger partial charge on any atom is -0.493 e. The zero-order valence-electron chi connectivity index (χ0n) is 19.3. The first-order chi connectivity index (χ1) is 17.5. The van der Waals surface area contributed by atoms with E-state index in [0.717, 1.165) is 4.70 Å². The quantitative estimate of drug-likeness (QED) is 0.275. The monoisotopic (exact) mass is 518 g/mol. The van der Waals surface area contributed by atoms with Gasteiger partial charge in [-0.1, -0.05) is 41.1 Å². The van der Waals surface area contributed by atoms with E-state index in [-0.39, 0.29) is 16.8 Å². The molecule has 180 valence electrons. The topological polar surface area (TPSA) is 81.9 Å². The van der Waals surface area contributed by atoms with E-state index in [0.29, 0.717) is 50.3 Å². The average molecular weight is 519 g/mol. The van der Waals surface area contributed by atoms with Crippen LogP contribution in [0, 0.1) is 0 Å². The zero-order chi connectivity index (χ0) is 25.0. The number of hydrogen-bond acceptors (Lipinski definition) is 7. The number of fused-ring (bicyclic) bond motifs is 3. The summed E-state index contributed by atoms with van der Waals surface area (Å²) in [5.74, 6) is 0.640. The highest BCUT2D eigenvalue weighted by molar-refractivity contribution is 7.22. The van der Waals surface area contributed by atoms with Gasteiger partial charge in [0.2, 0.25) is 5.76 Å². The van der Waals surface area contributed by atoms with Gasteiger partial charge in [-0.05, 0) is 55.0 Å². The number of benzene rings is 3. The first kappa shape index (κ1) is 22.6. The highest BCUT2D eigenvalue weighted by Gasteiger charge is 2.45. The molecule has 1 aliphatic heterocycles. The molecule has 7 nitrogen and oxygen atoms in total. The zero-order valence-corrected chi connectivity index (χ0v) is 20.9. The molecule has 0 fully saturated rings. The lowest BCUT2D eigenvalue weighted by Crippen LogP contribution is -2.29. The molecule has 1 aliphatic rings. The molecule has 3 aromatic carbocycles. The summed E-state index contributed by atoms with van der Waals surface area (Å²) >= 11 is 7.51. The molecule has 0 spiro atoms. The summed E-state index contributed by atoms with van der Waals surface area (Å²) in [6.45, 7) is 2.35. The summed E-state index contributed by atoms with van der Waals surface area (Å²) in [4.78, 5) is 33.8. The number of aromatic nitrogens is 1. The second-order valence-electron chi connectivity index (χ2n) is 8.20. The van der Waals surface area contributed by atoms with Crippen molar-refractivity contribution in [3.8, 4) is 11.5 Å². The van der Waals surface area contributed by atoms with Gasteiger partial charge in [-0.3, -0.25) is 14.5 Å². The minimum atomic E-state index is -0.769. The van der Waals surface area contributed by atoms with Crippen LogP contribution in [0.25, 0.3) is 21.2 Å². The van der Waals surface area contributed by atoms with Crippen LogP contribution in [0.5, 0.6) is 11.5 Å². The number of methoxy groups -OCH3 is 1. The molecule has 0 saturated carbocycles. The number of carbonyl (C=O) groups excluding carboxylic acids is 1. The van der Waals surface area contributed by atoms with Crippen molar-refractivity contribution >= 4 is 55.2 Å². The lowest BCUT2D eigenvalue weighted by Gasteiger charge is -2.23. The van der Waals surface area contributed by atoms with Gasteiger partial charge in [0, 0.05) is 5.02 Å². The molecule has 0 bridgehead atoms. The van der Waals surface area contributed by atoms with Gasteiger partial charge in [-0.25, -0.2) is 4.98 Å². The minimum absolute atomic E-state index is 0.00819. The van der Waals surface area contributed by atoms with Crippen molar-refractivity contribution in [1.29, 1.82) is 0 Å². The number of anilines is 1. The fourth-order valence-electron chi connectivity index (χ4n) is 4.55. The van der Waals surface area contributed by atoms with Crippen molar-refractivity contribution in [2.24, 2.45) is 0 Å². The highest BCUT2D eigenvalue weighted by atomic mass is 35.5. The number of nitrogens with zero attached hydrogens (tertiary/aromatic N) is 2. The molecule has 1 atom stereocenters. The first-order valence-corrected chi connectivity index (χ1v) is 12.5. The Labute approximate surface area is 214 Å². The Kier molecular flexibility index (Phi) is 5.43. The van der Waals surface area contributed by atoms with Crippen LogP contribution in [0.3, 0.4) is 0 Å². The molecular weight excluding hydrogens is 500 g/mol. The van der Waals surface area contributed by atoms with Crippen molar-refractivity contribution in [2.45, 2.75) is 13.0 Å². The maximum absolute atomic E-state index is 13.8. The maximum Gasteiger partial charge on any atom is 0.297 e. The number of para-hydroxylation sites is 1. The third-order valence-electron chi connectivity index (χ3n) is 6.13. The smallest absolute Gasteiger partial charge is 0.297 e. The van der Waals surface area contributed by atoms with Crippen LogP contribution >= 0.6 is 22.9 Å². The van der Waals surface area contributed by atoms with E-state index in [1.807, 2.05) is 13.0 Å². The number of rotatable bonds is 5. The first-order valence-electron chi connectivity index (χ1n) is 11.3. The van der Waals surface area contributed by atoms with Crippen LogP contribution in [0.4, 0.5) is 5.13 Å². The Morgan fingerprint density at radius 3 is 2.72 bits per heavy atom. The van der Waals surface area contributed by atoms with E-state index >= 15 is 0 Å². The molecule has 5 aromatic rings. The molecule has 36 heavy (non-hydrogen) atoms. The van der Waals surface area contributed by atoms with Crippen LogP contribution in [-0.2, 0) is 0 Å². The van der Waals surface area contributed by atoms with Gasteiger partial charge in [-0.15, -0.1) is 0 Å². The molecule has 0 unspecified atom stereocenters. The summed E-state index contributed by atoms with van der Waals surface area (Å²) in [6, 6.07) is 16.9. The number of halogens is 1. The molecule has 0 N–H and O–H groups in total. The summed E-state index contributed by atoms with van der Waals surface area (Å²) < 4.78 is 18.1. The molecule has 0 aliphatic carbocycles. The summed E-state index contributed by atoms with van der Waals surface area (Å²) in [7, 11) is 1.55. The summed E-state index contributed by atoms with van der Waals surface area (Å²) in [5.41, 5.74) is 1.74. The Bertz CT molecular complexity index is 1730. The molecular formula is C27H19ClN2O5S. The largest absolute Gasteiger partial charge is 0.493 e. The van der Waals surface area contributed by atoms with Gasteiger partial charge >= 0.3 is 0 Å². The van der Waals surface area contributed by atoms with Gasteiger partial charge < -0.3 is 13.9 Å². The van der Waals surface area contributed by atoms with Crippen LogP contribution < -0.4 is 19.8 Å². The van der Waals surface area contributed by atoms with Gasteiger partial charge in [0.1, 0.15) is 5.58 Å². The predicted molar refractivity (Wildman–Crippen MR) is 140 cm³/mol. The Balaban J connectivity index is 1.61. The Morgan fingerprint density at radius 2 is 1.92 bits per heavy atom. The van der Waals surface area contributed by atoms with Crippen molar-refractivity contribution in [3.63, 3.8) is 0 Å². The normalized spacial score (nSPS) is 15.0. The highest BCUT2D eigenvalue weighted by Crippen LogP contribution is 2.45. The van der Waals surface area contributed by atoms with E-state index in [9.17, 15) is 9.59 Å². The number of amides is 1. The molecule has 0 radical (unpaired) electrons. The van der Waals surface area contributed by atoms with Crippen molar-refractivity contribution in [2.75, 3.05) is 18.6 Å². The van der Waals surface area contributed by atoms with Crippen molar-refractivity contribution < 1.29 is 18.7 Å². The lowest BCUT2D eigenvalue weighted by molar-refractivity contribution is 0.0971. The number of ether oxygens (including phenoxy) is 2. The van der Waals surface area contributed by atoms with Gasteiger partial charge in [0.05, 0.1) is 40.9 Å². The predicted octanol–water partition coefficient (Wildman–Crippen LogP) is 6.21. The standard InChI is InChI=1S/C27H19ClN2O5S/c1-3-34-19-11-8-14(12-20(19)33-2)23-22-24(31)16-6-4-5-7-18(16)35-25(22)26(32)30(23)27-29-17-10-9-15(28)13-21(17)36-27/h4-13,23H,3H2,1-2H3/t23-/m0/s1. The van der Waals surface area contributed by atoms with Crippen LogP contribution in [-0.4, -0.2) is 24.6 Å². The van der Waals surface area contributed by atoms with E-state index in [1.54, 1.807) is 61.7 Å². The van der Waals surface area contributed by atoms with Gasteiger partial charge in [0.25, 0.3) is 5.91 Å². The third kappa shape index (κ3) is 3.44. The second-order valence-corrected chi connectivity index (χ2v) is 9.65. The van der Waals surface area contributed by atoms with Gasteiger partial charge in [-0.2, -0.15) is 0 Å². The fraction of sp³-hybridized carbons (Fsp3) is 0.148. The SMILES string of the molecule is CCOc1ccc([C@H]2c3c(oc4ccccc4c3=O)C(=O)N2c2nc3ccc(Cl)cc3s2)cc1OC. The Morgan fingerprint density at radius 1 is 1.08 bits per heavy atom. The maximum atomic E-state index is 13.8. The molecule has 9 heteroatoms. The van der Waals surface area contributed by atoms with Crippen LogP contribution in [0.1, 0.15) is 34.6 Å². The molecule has 1 amide bonds. The van der Waals surface area contributed by atoms with Gasteiger partial charge in [0.15, 0.2) is 22.1 Å². The summed E-state index contributed by atoms with van der Waals surface area (Å²) in [6.07, 6.45) is 0. The van der Waals surface area contributed by atoms with Crippen LogP contribution in [0.15, 0.2) is 69.9 Å². The van der Waals surface area contributed by atoms with E-state index in [1.165, 1.54) is 16.2 Å². The Hall–Kier alpha value is -3.88. The second kappa shape index (κ2) is 8.65. The summed E-state index contributed by atoms with van der Waals surface area (Å²) in [5, 5.41) is 1.42. The average Bonchev–Trinajstić information content (AvgIpc) is 3.43. The number of carbonyl (C=O) groups is 1. The number of thiazole rings is 1. The molecule has 3 heterocycles. The molecule has 2 aromatic heterocycles. The van der Waals surface area contributed by atoms with Crippen LogP contribution in [0.2, 0.25) is 5.02 Å².